The molecule has 3 N–H and O–H groups in total. The van der Waals surface area contributed by atoms with Gasteiger partial charge in [0.25, 0.3) is 5.56 Å². The quantitative estimate of drug-likeness (QED) is 0.675. The molecule has 0 fully saturated rings. The zero-order chi connectivity index (χ0) is 16.2. The van der Waals surface area contributed by atoms with E-state index in [4.69, 9.17) is 0 Å². The molecule has 3 aromatic rings. The number of hydrogen-bond donors (Lipinski definition) is 3. The van der Waals surface area contributed by atoms with Gasteiger partial charge in [0.1, 0.15) is 10.3 Å². The average Bonchev–Trinajstić information content (AvgIpc) is 3.17. The van der Waals surface area contributed by atoms with Gasteiger partial charge in [-0.25, -0.2) is 0 Å². The zero-order valence-electron chi connectivity index (χ0n) is 13.1. The fourth-order valence-corrected chi connectivity index (χ4v) is 4.62. The lowest BCUT2D eigenvalue weighted by atomic mass is 9.75. The van der Waals surface area contributed by atoms with Gasteiger partial charge in [-0.1, -0.05) is 13.8 Å². The second kappa shape index (κ2) is 5.04. The highest BCUT2D eigenvalue weighted by atomic mass is 32.1. The topological polar surface area (TPSA) is 81.8 Å². The number of aromatic amines is 2. The van der Waals surface area contributed by atoms with E-state index in [1.165, 1.54) is 11.3 Å². The monoisotopic (exact) mass is 329 g/mol. The summed E-state index contributed by atoms with van der Waals surface area (Å²) in [6.45, 7) is 4.00. The summed E-state index contributed by atoms with van der Waals surface area (Å²) in [6.07, 6.45) is 6.10. The van der Waals surface area contributed by atoms with Crippen molar-refractivity contribution in [3.63, 3.8) is 0 Å². The van der Waals surface area contributed by atoms with Gasteiger partial charge in [-0.15, -0.1) is 11.3 Å². The summed E-state index contributed by atoms with van der Waals surface area (Å²) in [5.41, 5.74) is 1.73. The Hall–Kier alpha value is -1.92. The number of aryl methyl sites for hydroxylation is 1. The summed E-state index contributed by atoms with van der Waals surface area (Å²) in [5, 5.41) is 18.9. The molecule has 1 aliphatic rings. The van der Waals surface area contributed by atoms with E-state index < -0.39 is 5.60 Å². The van der Waals surface area contributed by atoms with Crippen molar-refractivity contribution >= 4 is 21.4 Å². The molecule has 1 aliphatic carbocycles. The number of pyridine rings is 1. The van der Waals surface area contributed by atoms with E-state index >= 15 is 0 Å². The lowest BCUT2D eigenvalue weighted by Gasteiger charge is -2.37. The molecule has 0 unspecified atom stereocenters. The van der Waals surface area contributed by atoms with Gasteiger partial charge in [-0.05, 0) is 36.8 Å². The van der Waals surface area contributed by atoms with E-state index in [0.29, 0.717) is 12.1 Å². The van der Waals surface area contributed by atoms with E-state index in [9.17, 15) is 9.90 Å². The van der Waals surface area contributed by atoms with Crippen molar-refractivity contribution < 1.29 is 5.11 Å². The molecule has 5 nitrogen and oxygen atoms in total. The standard InChI is InChI=1S/C17H19N3O2S/c1-9(2)17(22)5-3-4-11-12-6-13(10-7-18-19-8-10)23-14(12)16(21)20-15(11)17/h6-9,22H,3-5H2,1-2H3,(H,18,19)(H,20,21)/t17-/m1/s1. The summed E-state index contributed by atoms with van der Waals surface area (Å²) in [5.74, 6) is 0.0571. The van der Waals surface area contributed by atoms with Crippen LogP contribution in [0, 0.1) is 5.92 Å². The van der Waals surface area contributed by atoms with Crippen molar-refractivity contribution in [3.8, 4) is 10.4 Å². The Morgan fingerprint density at radius 3 is 2.96 bits per heavy atom. The predicted octanol–water partition coefficient (Wildman–Crippen LogP) is 3.16. The minimum atomic E-state index is -0.946. The van der Waals surface area contributed by atoms with Gasteiger partial charge in [0.05, 0.1) is 11.9 Å². The van der Waals surface area contributed by atoms with Gasteiger partial charge in [0.2, 0.25) is 0 Å². The van der Waals surface area contributed by atoms with Crippen LogP contribution in [0.25, 0.3) is 20.5 Å². The fraction of sp³-hybridized carbons (Fsp3) is 0.412. The van der Waals surface area contributed by atoms with Gasteiger partial charge >= 0.3 is 0 Å². The first-order valence-electron chi connectivity index (χ1n) is 7.91. The van der Waals surface area contributed by atoms with Crippen LogP contribution in [0.2, 0.25) is 0 Å². The number of aromatic nitrogens is 3. The number of nitrogens with zero attached hydrogens (tertiary/aromatic N) is 1. The highest BCUT2D eigenvalue weighted by Gasteiger charge is 2.39. The molecule has 0 spiro atoms. The number of hydrogen-bond acceptors (Lipinski definition) is 4. The molecule has 4 rings (SSSR count). The zero-order valence-corrected chi connectivity index (χ0v) is 14.0. The summed E-state index contributed by atoms with van der Waals surface area (Å²) < 4.78 is 0.730. The Morgan fingerprint density at radius 1 is 1.43 bits per heavy atom. The van der Waals surface area contributed by atoms with E-state index in [0.717, 1.165) is 38.9 Å². The molecule has 120 valence electrons. The third kappa shape index (κ3) is 2.09. The molecule has 0 bridgehead atoms. The second-order valence-electron chi connectivity index (χ2n) is 6.58. The minimum Gasteiger partial charge on any atom is -0.383 e. The molecule has 0 saturated carbocycles. The molecule has 1 atom stereocenters. The Bertz CT molecular complexity index is 923. The Morgan fingerprint density at radius 2 is 2.26 bits per heavy atom. The summed E-state index contributed by atoms with van der Waals surface area (Å²) in [4.78, 5) is 16.6. The highest BCUT2D eigenvalue weighted by Crippen LogP contribution is 2.43. The third-order valence-electron chi connectivity index (χ3n) is 4.96. The summed E-state index contributed by atoms with van der Waals surface area (Å²) in [7, 11) is 0. The molecular formula is C17H19N3O2S. The van der Waals surface area contributed by atoms with Crippen LogP contribution < -0.4 is 5.56 Å². The Kier molecular flexibility index (Phi) is 3.21. The fourth-order valence-electron chi connectivity index (χ4n) is 3.56. The first-order chi connectivity index (χ1) is 11.0. The van der Waals surface area contributed by atoms with Gasteiger partial charge in [-0.2, -0.15) is 5.10 Å². The maximum atomic E-state index is 12.6. The third-order valence-corrected chi connectivity index (χ3v) is 6.14. The molecule has 6 heteroatoms. The number of rotatable bonds is 2. The Balaban J connectivity index is 2.01. The lowest BCUT2D eigenvalue weighted by molar-refractivity contribution is -0.0301. The van der Waals surface area contributed by atoms with Crippen LogP contribution in [0.4, 0.5) is 0 Å². The number of aliphatic hydroxyl groups is 1. The normalized spacial score (nSPS) is 21.0. The maximum Gasteiger partial charge on any atom is 0.266 e. The number of thiophene rings is 1. The number of fused-ring (bicyclic) bond motifs is 3. The molecule has 0 aromatic carbocycles. The average molecular weight is 329 g/mol. The van der Waals surface area contributed by atoms with Crippen molar-refractivity contribution in [1.29, 1.82) is 0 Å². The van der Waals surface area contributed by atoms with Crippen LogP contribution in [0.1, 0.15) is 37.9 Å². The maximum absolute atomic E-state index is 12.6. The van der Waals surface area contributed by atoms with E-state index in [1.807, 2.05) is 20.0 Å². The molecule has 23 heavy (non-hydrogen) atoms. The highest BCUT2D eigenvalue weighted by molar-refractivity contribution is 7.22. The van der Waals surface area contributed by atoms with Crippen molar-refractivity contribution in [3.05, 3.63) is 40.1 Å². The van der Waals surface area contributed by atoms with Crippen molar-refractivity contribution in [1.82, 2.24) is 15.2 Å². The number of nitrogens with one attached hydrogen (secondary N) is 2. The minimum absolute atomic E-state index is 0.0571. The first-order valence-corrected chi connectivity index (χ1v) is 8.73. The van der Waals surface area contributed by atoms with Crippen LogP contribution in [0.15, 0.2) is 23.3 Å². The van der Waals surface area contributed by atoms with Gasteiger partial charge in [0.15, 0.2) is 0 Å². The Labute approximate surface area is 137 Å². The summed E-state index contributed by atoms with van der Waals surface area (Å²) in [6, 6.07) is 2.06. The second-order valence-corrected chi connectivity index (χ2v) is 7.63. The van der Waals surface area contributed by atoms with Crippen LogP contribution >= 0.6 is 11.3 Å². The summed E-state index contributed by atoms with van der Waals surface area (Å²) >= 11 is 1.48. The van der Waals surface area contributed by atoms with Crippen molar-refractivity contribution in [2.45, 2.75) is 38.7 Å². The van der Waals surface area contributed by atoms with E-state index in [2.05, 4.69) is 21.2 Å². The van der Waals surface area contributed by atoms with Gasteiger partial charge in [0, 0.05) is 22.0 Å². The number of H-pyrrole nitrogens is 2. The smallest absolute Gasteiger partial charge is 0.266 e. The van der Waals surface area contributed by atoms with Crippen LogP contribution in [-0.4, -0.2) is 20.3 Å². The molecule has 3 heterocycles. The first kappa shape index (κ1) is 14.7. The SMILES string of the molecule is CC(C)[C@]1(O)CCCc2c1[nH]c(=O)c1sc(-c3cn[nH]c3)cc21. The van der Waals surface area contributed by atoms with E-state index in [-0.39, 0.29) is 11.5 Å². The molecule has 0 radical (unpaired) electrons. The molecule has 0 aliphatic heterocycles. The molecule has 0 saturated heterocycles. The van der Waals surface area contributed by atoms with Gasteiger partial charge in [-0.3, -0.25) is 9.89 Å². The van der Waals surface area contributed by atoms with Gasteiger partial charge < -0.3 is 10.1 Å². The molecular weight excluding hydrogens is 310 g/mol. The van der Waals surface area contributed by atoms with Crippen molar-refractivity contribution in [2.24, 2.45) is 5.92 Å². The van der Waals surface area contributed by atoms with Crippen LogP contribution in [-0.2, 0) is 12.0 Å². The van der Waals surface area contributed by atoms with Crippen LogP contribution in [0.3, 0.4) is 0 Å². The van der Waals surface area contributed by atoms with Crippen molar-refractivity contribution in [2.75, 3.05) is 0 Å². The van der Waals surface area contributed by atoms with Crippen LogP contribution in [0.5, 0.6) is 0 Å². The largest absolute Gasteiger partial charge is 0.383 e. The molecule has 3 aromatic heterocycles. The lowest BCUT2D eigenvalue weighted by Crippen LogP contribution is -2.38. The van der Waals surface area contributed by atoms with E-state index in [1.54, 1.807) is 6.20 Å². The molecule has 0 amide bonds. The predicted molar refractivity (Wildman–Crippen MR) is 91.7 cm³/mol.